The van der Waals surface area contributed by atoms with Gasteiger partial charge in [0.2, 0.25) is 5.91 Å². The van der Waals surface area contributed by atoms with E-state index in [9.17, 15) is 14.4 Å². The van der Waals surface area contributed by atoms with Crippen LogP contribution in [0.1, 0.15) is 50.5 Å². The normalized spacial score (nSPS) is 13.3. The summed E-state index contributed by atoms with van der Waals surface area (Å²) in [5, 5.41) is 26.4. The van der Waals surface area contributed by atoms with Crippen molar-refractivity contribution < 1.29 is 24.7 Å². The number of nitrogens with zero attached hydrogens (tertiary/aromatic N) is 1. The zero-order valence-corrected chi connectivity index (χ0v) is 16.8. The van der Waals surface area contributed by atoms with Crippen LogP contribution in [-0.2, 0) is 20.9 Å². The maximum Gasteiger partial charge on any atom is 0.303 e. The number of aliphatic imine (C=N–C) groups is 1. The Morgan fingerprint density at radius 3 is 2.63 bits per heavy atom. The fourth-order valence-electron chi connectivity index (χ4n) is 3.06. The van der Waals surface area contributed by atoms with Crippen molar-refractivity contribution in [1.29, 1.82) is 0 Å². The van der Waals surface area contributed by atoms with E-state index in [-0.39, 0.29) is 25.2 Å². The van der Waals surface area contributed by atoms with Crippen LogP contribution in [0.15, 0.2) is 29.3 Å². The summed E-state index contributed by atoms with van der Waals surface area (Å²) >= 11 is 0. The number of nitrogens with one attached hydrogen (secondary N) is 4. The summed E-state index contributed by atoms with van der Waals surface area (Å²) in [5.41, 5.74) is 3.69. The Bertz CT molecular complexity index is 768. The van der Waals surface area contributed by atoms with Crippen molar-refractivity contribution in [2.45, 2.75) is 57.5 Å². The first-order valence-electron chi connectivity index (χ1n) is 10.1. The molecular weight excluding hydrogens is 390 g/mol. The number of carbonyl (C=O) groups is 3. The molecule has 1 heterocycles. The Labute approximate surface area is 175 Å². The standard InChI is InChI=1S/C20H29N5O5/c26-17(23-16(19(29)25-30)10-11-18(27)28)9-3-1-2-6-12-21-20-22-13-14-7-4-5-8-15(14)24-20/h4-5,7-8,16,30H,1-3,6,9-13H2,(H,23,26)(H,25,29)(H,27,28)(H2,21,22,24)/t16-/m1/s1. The van der Waals surface area contributed by atoms with E-state index in [1.165, 1.54) is 11.0 Å². The molecule has 0 spiro atoms. The number of carbonyl (C=O) groups excluding carboxylic acids is 2. The summed E-state index contributed by atoms with van der Waals surface area (Å²) in [4.78, 5) is 38.6. The SMILES string of the molecule is O=C(O)CC[C@@H](NC(=O)CCCCCCNC1=NCc2ccccc2N1)C(=O)NO. The van der Waals surface area contributed by atoms with E-state index in [1.54, 1.807) is 0 Å². The molecule has 1 aromatic rings. The summed E-state index contributed by atoms with van der Waals surface area (Å²) in [6.45, 7) is 1.43. The lowest BCUT2D eigenvalue weighted by atomic mass is 10.1. The fourth-order valence-corrected chi connectivity index (χ4v) is 3.06. The van der Waals surface area contributed by atoms with Gasteiger partial charge in [0, 0.05) is 25.1 Å². The Hall–Kier alpha value is -3.14. The summed E-state index contributed by atoms with van der Waals surface area (Å²) in [6.07, 6.45) is 3.25. The van der Waals surface area contributed by atoms with E-state index in [2.05, 4.69) is 20.9 Å². The highest BCUT2D eigenvalue weighted by Gasteiger charge is 2.21. The molecule has 1 aliphatic rings. The second-order valence-corrected chi connectivity index (χ2v) is 7.07. The molecule has 1 aromatic carbocycles. The van der Waals surface area contributed by atoms with Gasteiger partial charge < -0.3 is 21.1 Å². The highest BCUT2D eigenvalue weighted by Crippen LogP contribution is 2.19. The highest BCUT2D eigenvalue weighted by molar-refractivity contribution is 5.95. The predicted octanol–water partition coefficient (Wildman–Crippen LogP) is 1.36. The Morgan fingerprint density at radius 1 is 1.10 bits per heavy atom. The van der Waals surface area contributed by atoms with Gasteiger partial charge in [-0.2, -0.15) is 0 Å². The second-order valence-electron chi connectivity index (χ2n) is 7.07. The van der Waals surface area contributed by atoms with E-state index in [0.29, 0.717) is 13.0 Å². The zero-order valence-electron chi connectivity index (χ0n) is 16.8. The first kappa shape index (κ1) is 23.1. The Balaban J connectivity index is 1.55. The van der Waals surface area contributed by atoms with E-state index in [1.807, 2.05) is 24.3 Å². The van der Waals surface area contributed by atoms with Gasteiger partial charge in [-0.25, -0.2) is 10.5 Å². The molecular formula is C20H29N5O5. The number of carboxylic acid groups (broad SMARTS) is 1. The number of anilines is 1. The lowest BCUT2D eigenvalue weighted by molar-refractivity contribution is -0.139. The summed E-state index contributed by atoms with van der Waals surface area (Å²) < 4.78 is 0. The third-order valence-corrected chi connectivity index (χ3v) is 4.71. The molecule has 0 radical (unpaired) electrons. The van der Waals surface area contributed by atoms with E-state index in [0.717, 1.165) is 37.5 Å². The third-order valence-electron chi connectivity index (χ3n) is 4.71. The fraction of sp³-hybridized carbons (Fsp3) is 0.500. The quantitative estimate of drug-likeness (QED) is 0.170. The first-order chi connectivity index (χ1) is 14.5. The number of hydrogen-bond acceptors (Lipinski definition) is 7. The number of amides is 2. The Morgan fingerprint density at radius 2 is 1.87 bits per heavy atom. The molecule has 0 bridgehead atoms. The van der Waals surface area contributed by atoms with Crippen molar-refractivity contribution in [2.24, 2.45) is 4.99 Å². The molecule has 1 aliphatic heterocycles. The number of carboxylic acids is 1. The third kappa shape index (κ3) is 8.08. The number of unbranched alkanes of at least 4 members (excludes halogenated alkanes) is 3. The molecule has 0 aromatic heterocycles. The van der Waals surface area contributed by atoms with Crippen LogP contribution in [0.4, 0.5) is 5.69 Å². The minimum Gasteiger partial charge on any atom is -0.481 e. The number of benzene rings is 1. The van der Waals surface area contributed by atoms with Crippen molar-refractivity contribution in [3.05, 3.63) is 29.8 Å². The van der Waals surface area contributed by atoms with E-state index >= 15 is 0 Å². The van der Waals surface area contributed by atoms with Crippen LogP contribution in [0.25, 0.3) is 0 Å². The van der Waals surface area contributed by atoms with Gasteiger partial charge in [-0.05, 0) is 30.9 Å². The van der Waals surface area contributed by atoms with Gasteiger partial charge in [0.25, 0.3) is 5.91 Å². The molecule has 0 saturated carbocycles. The summed E-state index contributed by atoms with van der Waals surface area (Å²) in [5.74, 6) is -1.47. The summed E-state index contributed by atoms with van der Waals surface area (Å²) in [6, 6.07) is 6.98. The number of rotatable bonds is 12. The molecule has 2 rings (SSSR count). The number of para-hydroxylation sites is 1. The largest absolute Gasteiger partial charge is 0.481 e. The average Bonchev–Trinajstić information content (AvgIpc) is 2.75. The molecule has 1 atom stereocenters. The van der Waals surface area contributed by atoms with Crippen LogP contribution in [-0.4, -0.2) is 46.6 Å². The number of guanidine groups is 1. The molecule has 164 valence electrons. The van der Waals surface area contributed by atoms with Gasteiger partial charge in [0.1, 0.15) is 6.04 Å². The van der Waals surface area contributed by atoms with Gasteiger partial charge in [-0.1, -0.05) is 31.0 Å². The topological polar surface area (TPSA) is 152 Å². The van der Waals surface area contributed by atoms with Crippen LogP contribution in [0.2, 0.25) is 0 Å². The van der Waals surface area contributed by atoms with Crippen molar-refractivity contribution in [1.82, 2.24) is 16.1 Å². The molecule has 6 N–H and O–H groups in total. The molecule has 0 fully saturated rings. The average molecular weight is 419 g/mol. The van der Waals surface area contributed by atoms with Crippen LogP contribution in [0, 0.1) is 0 Å². The molecule has 2 amide bonds. The molecule has 0 unspecified atom stereocenters. The minimum absolute atomic E-state index is 0.0818. The summed E-state index contributed by atoms with van der Waals surface area (Å²) in [7, 11) is 0. The Kier molecular flexibility index (Phi) is 9.59. The zero-order chi connectivity index (χ0) is 21.8. The molecule has 0 saturated heterocycles. The van der Waals surface area contributed by atoms with Gasteiger partial charge in [-0.15, -0.1) is 0 Å². The van der Waals surface area contributed by atoms with Crippen molar-refractivity contribution in [2.75, 3.05) is 11.9 Å². The lowest BCUT2D eigenvalue weighted by Gasteiger charge is -2.19. The van der Waals surface area contributed by atoms with Crippen molar-refractivity contribution in [3.8, 4) is 0 Å². The van der Waals surface area contributed by atoms with E-state index < -0.39 is 17.9 Å². The van der Waals surface area contributed by atoms with Crippen LogP contribution < -0.4 is 21.4 Å². The van der Waals surface area contributed by atoms with Crippen molar-refractivity contribution in [3.63, 3.8) is 0 Å². The number of fused-ring (bicyclic) bond motifs is 1. The second kappa shape index (κ2) is 12.4. The number of hydrogen-bond donors (Lipinski definition) is 6. The van der Waals surface area contributed by atoms with Gasteiger partial charge >= 0.3 is 5.97 Å². The maximum absolute atomic E-state index is 12.0. The number of hydroxylamine groups is 1. The van der Waals surface area contributed by atoms with Crippen molar-refractivity contribution >= 4 is 29.4 Å². The van der Waals surface area contributed by atoms with Gasteiger partial charge in [0.15, 0.2) is 5.96 Å². The molecule has 10 heteroatoms. The van der Waals surface area contributed by atoms with Gasteiger partial charge in [-0.3, -0.25) is 19.6 Å². The number of aliphatic carboxylic acids is 1. The first-order valence-corrected chi connectivity index (χ1v) is 10.1. The highest BCUT2D eigenvalue weighted by atomic mass is 16.5. The monoisotopic (exact) mass is 419 g/mol. The maximum atomic E-state index is 12.0. The smallest absolute Gasteiger partial charge is 0.303 e. The van der Waals surface area contributed by atoms with E-state index in [4.69, 9.17) is 10.3 Å². The minimum atomic E-state index is -1.08. The predicted molar refractivity (Wildman–Crippen MR) is 111 cm³/mol. The molecule has 0 aliphatic carbocycles. The molecule has 30 heavy (non-hydrogen) atoms. The van der Waals surface area contributed by atoms with Crippen LogP contribution >= 0.6 is 0 Å². The van der Waals surface area contributed by atoms with Crippen LogP contribution in [0.5, 0.6) is 0 Å². The van der Waals surface area contributed by atoms with Crippen LogP contribution in [0.3, 0.4) is 0 Å². The van der Waals surface area contributed by atoms with Gasteiger partial charge in [0.05, 0.1) is 6.54 Å². The molecule has 10 nitrogen and oxygen atoms in total. The lowest BCUT2D eigenvalue weighted by Crippen LogP contribution is -2.46.